The molecule has 1 amide bonds. The van der Waals surface area contributed by atoms with Crippen LogP contribution >= 0.6 is 0 Å². The number of amides is 1. The highest BCUT2D eigenvalue weighted by Gasteiger charge is 2.33. The van der Waals surface area contributed by atoms with Gasteiger partial charge in [0, 0.05) is 43.5 Å². The molecule has 2 aromatic rings. The zero-order valence-corrected chi connectivity index (χ0v) is 17.2. The molecule has 1 saturated heterocycles. The van der Waals surface area contributed by atoms with Crippen LogP contribution < -0.4 is 5.32 Å². The first kappa shape index (κ1) is 19.1. The largest absolute Gasteiger partial charge is 0.348 e. The fraction of sp³-hybridized carbons (Fsp3) is 0.591. The number of piperidine rings is 1. The van der Waals surface area contributed by atoms with Crippen LogP contribution in [0.15, 0.2) is 30.5 Å². The molecule has 28 heavy (non-hydrogen) atoms. The summed E-state index contributed by atoms with van der Waals surface area (Å²) in [7, 11) is 0. The first-order valence-electron chi connectivity index (χ1n) is 10.4. The predicted octanol–water partition coefficient (Wildman–Crippen LogP) is 3.30. The Balaban J connectivity index is 1.33. The summed E-state index contributed by atoms with van der Waals surface area (Å²) in [5.41, 5.74) is 2.77. The fourth-order valence-corrected chi connectivity index (χ4v) is 3.93. The van der Waals surface area contributed by atoms with Crippen LogP contribution in [0.4, 0.5) is 0 Å². The van der Waals surface area contributed by atoms with E-state index in [0.717, 1.165) is 38.2 Å². The standard InChI is InChI=1S/C22H31N5O/c1-22(2,3)27-20(16-7-8-16)14-19(25-27)21(28)24-17-9-12-26(13-10-17)15-18-6-4-5-11-23-18/h4-6,11,14,16-17H,7-10,12-13,15H2,1-3H3,(H,24,28). The van der Waals surface area contributed by atoms with Gasteiger partial charge in [0.05, 0.1) is 11.2 Å². The van der Waals surface area contributed by atoms with Crippen LogP contribution in [-0.4, -0.2) is 44.7 Å². The van der Waals surface area contributed by atoms with E-state index in [2.05, 4.69) is 51.8 Å². The Labute approximate surface area is 167 Å². The number of carbonyl (C=O) groups excluding carboxylic acids is 1. The number of aromatic nitrogens is 3. The molecule has 0 radical (unpaired) electrons. The van der Waals surface area contributed by atoms with Gasteiger partial charge in [0.25, 0.3) is 5.91 Å². The lowest BCUT2D eigenvalue weighted by molar-refractivity contribution is 0.0902. The highest BCUT2D eigenvalue weighted by atomic mass is 16.2. The zero-order chi connectivity index (χ0) is 19.7. The Bertz CT molecular complexity index is 811. The van der Waals surface area contributed by atoms with Gasteiger partial charge < -0.3 is 5.32 Å². The second-order valence-corrected chi connectivity index (χ2v) is 9.16. The molecule has 2 aromatic heterocycles. The molecule has 0 atom stereocenters. The molecule has 2 aliphatic rings. The molecule has 2 fully saturated rings. The van der Waals surface area contributed by atoms with E-state index in [1.54, 1.807) is 0 Å². The van der Waals surface area contributed by atoms with Crippen LogP contribution in [0.25, 0.3) is 0 Å². The number of rotatable bonds is 5. The van der Waals surface area contributed by atoms with Gasteiger partial charge in [0.2, 0.25) is 0 Å². The molecule has 0 bridgehead atoms. The average molecular weight is 382 g/mol. The Kier molecular flexibility index (Phi) is 5.23. The first-order valence-corrected chi connectivity index (χ1v) is 10.4. The molecule has 4 rings (SSSR count). The summed E-state index contributed by atoms with van der Waals surface area (Å²) < 4.78 is 2.05. The number of nitrogens with zero attached hydrogens (tertiary/aromatic N) is 4. The van der Waals surface area contributed by atoms with E-state index < -0.39 is 0 Å². The van der Waals surface area contributed by atoms with Crippen molar-refractivity contribution in [2.24, 2.45) is 0 Å². The second kappa shape index (κ2) is 7.66. The molecule has 0 spiro atoms. The molecule has 1 aliphatic carbocycles. The van der Waals surface area contributed by atoms with E-state index >= 15 is 0 Å². The number of nitrogens with one attached hydrogen (secondary N) is 1. The van der Waals surface area contributed by atoms with Crippen molar-refractivity contribution in [2.75, 3.05) is 13.1 Å². The number of likely N-dealkylation sites (tertiary alicyclic amines) is 1. The summed E-state index contributed by atoms with van der Waals surface area (Å²) in [5.74, 6) is 0.538. The Hall–Kier alpha value is -2.21. The minimum atomic E-state index is -0.104. The molecule has 0 aromatic carbocycles. The molecular formula is C22H31N5O. The molecule has 150 valence electrons. The number of hydrogen-bond acceptors (Lipinski definition) is 4. The fourth-order valence-electron chi connectivity index (χ4n) is 3.93. The lowest BCUT2D eigenvalue weighted by Gasteiger charge is -2.31. The van der Waals surface area contributed by atoms with Crippen LogP contribution in [0.2, 0.25) is 0 Å². The lowest BCUT2D eigenvalue weighted by atomic mass is 10.0. The minimum absolute atomic E-state index is 0.0342. The summed E-state index contributed by atoms with van der Waals surface area (Å²) in [6.45, 7) is 9.26. The van der Waals surface area contributed by atoms with Crippen molar-refractivity contribution in [3.05, 3.63) is 47.5 Å². The van der Waals surface area contributed by atoms with E-state index in [0.29, 0.717) is 11.6 Å². The average Bonchev–Trinajstić information content (AvgIpc) is 3.41. The summed E-state index contributed by atoms with van der Waals surface area (Å²) in [6, 6.07) is 8.27. The summed E-state index contributed by atoms with van der Waals surface area (Å²) in [6.07, 6.45) is 6.19. The summed E-state index contributed by atoms with van der Waals surface area (Å²) in [4.78, 5) is 19.6. The number of carbonyl (C=O) groups is 1. The third-order valence-corrected chi connectivity index (χ3v) is 5.64. The van der Waals surface area contributed by atoms with Crippen LogP contribution in [-0.2, 0) is 12.1 Å². The van der Waals surface area contributed by atoms with Gasteiger partial charge in [-0.15, -0.1) is 0 Å². The second-order valence-electron chi connectivity index (χ2n) is 9.16. The predicted molar refractivity (Wildman–Crippen MR) is 109 cm³/mol. The number of hydrogen-bond donors (Lipinski definition) is 1. The van der Waals surface area contributed by atoms with E-state index in [1.165, 1.54) is 18.5 Å². The third-order valence-electron chi connectivity index (χ3n) is 5.64. The van der Waals surface area contributed by atoms with E-state index in [1.807, 2.05) is 24.4 Å². The maximum absolute atomic E-state index is 12.8. The van der Waals surface area contributed by atoms with Gasteiger partial charge in [-0.25, -0.2) is 0 Å². The Morgan fingerprint density at radius 3 is 2.54 bits per heavy atom. The monoisotopic (exact) mass is 381 g/mol. The molecule has 1 aliphatic heterocycles. The molecular weight excluding hydrogens is 350 g/mol. The zero-order valence-electron chi connectivity index (χ0n) is 17.2. The molecule has 1 N–H and O–H groups in total. The molecule has 3 heterocycles. The number of pyridine rings is 1. The van der Waals surface area contributed by atoms with Gasteiger partial charge in [0.15, 0.2) is 0 Å². The summed E-state index contributed by atoms with van der Waals surface area (Å²) in [5, 5.41) is 7.88. The minimum Gasteiger partial charge on any atom is -0.348 e. The van der Waals surface area contributed by atoms with Gasteiger partial charge in [-0.05, 0) is 64.7 Å². The topological polar surface area (TPSA) is 63.1 Å². The van der Waals surface area contributed by atoms with Crippen molar-refractivity contribution >= 4 is 5.91 Å². The van der Waals surface area contributed by atoms with Gasteiger partial charge in [-0.3, -0.25) is 19.4 Å². The molecule has 6 heteroatoms. The van der Waals surface area contributed by atoms with E-state index in [9.17, 15) is 4.79 Å². The molecule has 1 saturated carbocycles. The van der Waals surface area contributed by atoms with E-state index in [-0.39, 0.29) is 17.5 Å². The molecule has 6 nitrogen and oxygen atoms in total. The van der Waals surface area contributed by atoms with Crippen molar-refractivity contribution in [1.82, 2.24) is 25.0 Å². The lowest BCUT2D eigenvalue weighted by Crippen LogP contribution is -2.44. The van der Waals surface area contributed by atoms with Gasteiger partial charge in [-0.1, -0.05) is 6.07 Å². The third kappa shape index (κ3) is 4.43. The van der Waals surface area contributed by atoms with Crippen molar-refractivity contribution in [3.63, 3.8) is 0 Å². The highest BCUT2D eigenvalue weighted by Crippen LogP contribution is 2.41. The van der Waals surface area contributed by atoms with Crippen molar-refractivity contribution < 1.29 is 4.79 Å². The van der Waals surface area contributed by atoms with Crippen molar-refractivity contribution in [3.8, 4) is 0 Å². The Morgan fingerprint density at radius 2 is 1.93 bits per heavy atom. The smallest absolute Gasteiger partial charge is 0.272 e. The van der Waals surface area contributed by atoms with Crippen molar-refractivity contribution in [1.29, 1.82) is 0 Å². The van der Waals surface area contributed by atoms with Crippen LogP contribution in [0.3, 0.4) is 0 Å². The normalized spacial score (nSPS) is 19.0. The van der Waals surface area contributed by atoms with E-state index in [4.69, 9.17) is 0 Å². The van der Waals surface area contributed by atoms with Crippen LogP contribution in [0.1, 0.15) is 74.2 Å². The van der Waals surface area contributed by atoms with Gasteiger partial charge >= 0.3 is 0 Å². The SMILES string of the molecule is CC(C)(C)n1nc(C(=O)NC2CCN(Cc3ccccn3)CC2)cc1C1CC1. The maximum Gasteiger partial charge on any atom is 0.272 e. The van der Waals surface area contributed by atoms with Crippen LogP contribution in [0.5, 0.6) is 0 Å². The van der Waals surface area contributed by atoms with Crippen LogP contribution in [0, 0.1) is 0 Å². The first-order chi connectivity index (χ1) is 13.4. The molecule has 0 unspecified atom stereocenters. The Morgan fingerprint density at radius 1 is 1.18 bits per heavy atom. The highest BCUT2D eigenvalue weighted by molar-refractivity contribution is 5.92. The maximum atomic E-state index is 12.8. The van der Waals surface area contributed by atoms with Gasteiger partial charge in [-0.2, -0.15) is 5.10 Å². The summed E-state index contributed by atoms with van der Waals surface area (Å²) >= 11 is 0. The van der Waals surface area contributed by atoms with Crippen molar-refractivity contribution in [2.45, 2.75) is 70.5 Å². The quantitative estimate of drug-likeness (QED) is 0.863. The van der Waals surface area contributed by atoms with Gasteiger partial charge in [0.1, 0.15) is 5.69 Å².